The van der Waals surface area contributed by atoms with Crippen LogP contribution < -0.4 is 0 Å². The van der Waals surface area contributed by atoms with Crippen LogP contribution >= 0.6 is 0 Å². The highest BCUT2D eigenvalue weighted by Crippen LogP contribution is 1.92. The maximum Gasteiger partial charge on any atom is 0.338 e. The summed E-state index contributed by atoms with van der Waals surface area (Å²) >= 11 is 0. The molecule has 1 aliphatic heterocycles. The Labute approximate surface area is 74.6 Å². The maximum atomic E-state index is 9.92. The van der Waals surface area contributed by atoms with Crippen molar-refractivity contribution in [3.05, 3.63) is 25.0 Å². The van der Waals surface area contributed by atoms with Gasteiger partial charge in [0.15, 0.2) is 0 Å². The first-order chi connectivity index (χ1) is 6.06. The first-order valence-corrected chi connectivity index (χ1v) is 3.28. The summed E-state index contributed by atoms with van der Waals surface area (Å²) in [4.78, 5) is 29.6. The summed E-state index contributed by atoms with van der Waals surface area (Å²) in [6.07, 6.45) is 3.27. The zero-order valence-corrected chi connectivity index (χ0v) is 6.98. The molecule has 5 nitrogen and oxygen atoms in total. The van der Waals surface area contributed by atoms with E-state index in [2.05, 4.69) is 16.1 Å². The molecule has 0 radical (unpaired) electrons. The zero-order valence-electron chi connectivity index (χ0n) is 6.98. The lowest BCUT2D eigenvalue weighted by molar-refractivity contribution is -0.150. The molecule has 70 valence electrons. The Balaban J connectivity index is 0.000000226. The number of ether oxygens (including phenoxy) is 2. The number of hydrogen-bond donors (Lipinski definition) is 0. The van der Waals surface area contributed by atoms with E-state index in [9.17, 15) is 14.4 Å². The molecule has 0 unspecified atom stereocenters. The summed E-state index contributed by atoms with van der Waals surface area (Å²) in [5.41, 5.74) is 0. The number of esters is 3. The quantitative estimate of drug-likeness (QED) is 0.333. The van der Waals surface area contributed by atoms with Crippen LogP contribution in [0.1, 0.15) is 6.92 Å². The average Bonchev–Trinajstić information content (AvgIpc) is 2.35. The van der Waals surface area contributed by atoms with Gasteiger partial charge in [0.2, 0.25) is 0 Å². The standard InChI is InChI=1S/C4H2O3.C4H6O2/c5-3-1-2-4(6)7-3;1-3-6-4(2)5/h1-2H;3H,1H2,2H3. The molecule has 0 spiro atoms. The fourth-order valence-corrected chi connectivity index (χ4v) is 0.421. The van der Waals surface area contributed by atoms with Crippen molar-refractivity contribution in [2.75, 3.05) is 0 Å². The van der Waals surface area contributed by atoms with Crippen LogP contribution in [0, 0.1) is 0 Å². The third-order valence-electron chi connectivity index (χ3n) is 0.806. The molecule has 1 rings (SSSR count). The van der Waals surface area contributed by atoms with Crippen molar-refractivity contribution in [1.82, 2.24) is 0 Å². The van der Waals surface area contributed by atoms with E-state index in [0.717, 1.165) is 18.4 Å². The van der Waals surface area contributed by atoms with Gasteiger partial charge in [-0.1, -0.05) is 6.58 Å². The molecule has 0 aromatic rings. The van der Waals surface area contributed by atoms with E-state index in [0.29, 0.717) is 0 Å². The summed E-state index contributed by atoms with van der Waals surface area (Å²) in [6, 6.07) is 0. The lowest BCUT2D eigenvalue weighted by Gasteiger charge is -1.83. The van der Waals surface area contributed by atoms with Gasteiger partial charge < -0.3 is 9.47 Å². The molecule has 0 fully saturated rings. The van der Waals surface area contributed by atoms with Crippen molar-refractivity contribution in [3.8, 4) is 0 Å². The highest BCUT2D eigenvalue weighted by atomic mass is 16.6. The third kappa shape index (κ3) is 6.49. The van der Waals surface area contributed by atoms with E-state index >= 15 is 0 Å². The van der Waals surface area contributed by atoms with Gasteiger partial charge in [-0.2, -0.15) is 0 Å². The molecule has 1 aliphatic rings. The van der Waals surface area contributed by atoms with Crippen LogP contribution in [0.2, 0.25) is 0 Å². The third-order valence-corrected chi connectivity index (χ3v) is 0.806. The number of hydrogen-bond acceptors (Lipinski definition) is 5. The smallest absolute Gasteiger partial charge is 0.338 e. The second kappa shape index (κ2) is 5.70. The number of carbonyl (C=O) groups is 3. The number of carbonyl (C=O) groups excluding carboxylic acids is 3. The molecule has 0 atom stereocenters. The topological polar surface area (TPSA) is 69.7 Å². The van der Waals surface area contributed by atoms with Crippen LogP contribution in [0.4, 0.5) is 0 Å². The minimum Gasteiger partial charge on any atom is -0.435 e. The minimum atomic E-state index is -0.579. The van der Waals surface area contributed by atoms with E-state index in [1.807, 2.05) is 0 Å². The van der Waals surface area contributed by atoms with Gasteiger partial charge in [-0.25, -0.2) is 9.59 Å². The van der Waals surface area contributed by atoms with E-state index in [-0.39, 0.29) is 5.97 Å². The van der Waals surface area contributed by atoms with Crippen LogP contribution in [0.5, 0.6) is 0 Å². The van der Waals surface area contributed by atoms with Crippen molar-refractivity contribution >= 4 is 17.9 Å². The van der Waals surface area contributed by atoms with Crippen molar-refractivity contribution in [3.63, 3.8) is 0 Å². The monoisotopic (exact) mass is 184 g/mol. The van der Waals surface area contributed by atoms with Gasteiger partial charge in [-0.15, -0.1) is 0 Å². The Hall–Kier alpha value is -1.91. The molecule has 1 heterocycles. The lowest BCUT2D eigenvalue weighted by Crippen LogP contribution is -1.96. The Bertz CT molecular complexity index is 248. The van der Waals surface area contributed by atoms with Crippen molar-refractivity contribution in [1.29, 1.82) is 0 Å². The molecule has 13 heavy (non-hydrogen) atoms. The predicted molar refractivity (Wildman–Crippen MR) is 42.2 cm³/mol. The molecule has 0 N–H and O–H groups in total. The Kier molecular flexibility index (Phi) is 4.87. The van der Waals surface area contributed by atoms with Crippen LogP contribution in [0.25, 0.3) is 0 Å². The predicted octanol–water partition coefficient (Wildman–Crippen LogP) is 0.319. The molecule has 0 aliphatic carbocycles. The summed E-state index contributed by atoms with van der Waals surface area (Å²) < 4.78 is 8.14. The number of cyclic esters (lactones) is 2. The van der Waals surface area contributed by atoms with Crippen LogP contribution in [0.15, 0.2) is 25.0 Å². The second-order valence-corrected chi connectivity index (χ2v) is 1.85. The molecular formula is C8H8O5. The molecule has 0 aromatic heterocycles. The SMILES string of the molecule is C=COC(C)=O.O=C1C=CC(=O)O1. The summed E-state index contributed by atoms with van der Waals surface area (Å²) in [5, 5.41) is 0. The highest BCUT2D eigenvalue weighted by molar-refractivity contribution is 6.04. The Morgan fingerprint density at radius 3 is 2.00 bits per heavy atom. The van der Waals surface area contributed by atoms with Gasteiger partial charge in [0.25, 0.3) is 0 Å². The highest BCUT2D eigenvalue weighted by Gasteiger charge is 2.10. The van der Waals surface area contributed by atoms with Gasteiger partial charge in [0.05, 0.1) is 6.26 Å². The molecule has 5 heteroatoms. The van der Waals surface area contributed by atoms with Crippen molar-refractivity contribution in [2.45, 2.75) is 6.92 Å². The van der Waals surface area contributed by atoms with Crippen molar-refractivity contribution in [2.24, 2.45) is 0 Å². The normalized spacial score (nSPS) is 12.7. The first kappa shape index (κ1) is 11.1. The molecule has 0 saturated carbocycles. The maximum absolute atomic E-state index is 9.92. The largest absolute Gasteiger partial charge is 0.435 e. The van der Waals surface area contributed by atoms with E-state index < -0.39 is 11.9 Å². The van der Waals surface area contributed by atoms with E-state index in [1.165, 1.54) is 6.92 Å². The fourth-order valence-electron chi connectivity index (χ4n) is 0.421. The Morgan fingerprint density at radius 1 is 1.46 bits per heavy atom. The molecule has 0 saturated heterocycles. The zero-order chi connectivity index (χ0) is 10.3. The average molecular weight is 184 g/mol. The first-order valence-electron chi connectivity index (χ1n) is 3.28. The summed E-state index contributed by atoms with van der Waals surface area (Å²) in [5.74, 6) is -1.49. The summed E-state index contributed by atoms with van der Waals surface area (Å²) in [7, 11) is 0. The van der Waals surface area contributed by atoms with Gasteiger partial charge in [-0.3, -0.25) is 4.79 Å². The van der Waals surface area contributed by atoms with Gasteiger partial charge in [-0.05, 0) is 0 Å². The Morgan fingerprint density at radius 2 is 1.92 bits per heavy atom. The molecule has 0 bridgehead atoms. The molecule has 0 amide bonds. The summed E-state index contributed by atoms with van der Waals surface area (Å²) in [6.45, 7) is 4.48. The van der Waals surface area contributed by atoms with Crippen LogP contribution in [-0.2, 0) is 23.9 Å². The number of rotatable bonds is 1. The van der Waals surface area contributed by atoms with Gasteiger partial charge >= 0.3 is 17.9 Å². The minimum absolute atomic E-state index is 0.329. The van der Waals surface area contributed by atoms with Crippen molar-refractivity contribution < 1.29 is 23.9 Å². The van der Waals surface area contributed by atoms with Crippen LogP contribution in [0.3, 0.4) is 0 Å². The molecule has 0 aromatic carbocycles. The molecular weight excluding hydrogens is 176 g/mol. The second-order valence-electron chi connectivity index (χ2n) is 1.85. The lowest BCUT2D eigenvalue weighted by atomic mass is 10.6. The fraction of sp³-hybridized carbons (Fsp3) is 0.125. The van der Waals surface area contributed by atoms with Crippen LogP contribution in [-0.4, -0.2) is 17.9 Å². The van der Waals surface area contributed by atoms with E-state index in [4.69, 9.17) is 0 Å². The van der Waals surface area contributed by atoms with Gasteiger partial charge in [0.1, 0.15) is 0 Å². The van der Waals surface area contributed by atoms with E-state index in [1.54, 1.807) is 0 Å². The van der Waals surface area contributed by atoms with Gasteiger partial charge in [0, 0.05) is 19.1 Å².